The Morgan fingerprint density at radius 3 is 2.42 bits per heavy atom. The molecule has 7 atom stereocenters. The van der Waals surface area contributed by atoms with Gasteiger partial charge in [0.15, 0.2) is 0 Å². The first kappa shape index (κ1) is 24.8. The minimum atomic E-state index is -0.616. The lowest BCUT2D eigenvalue weighted by molar-refractivity contribution is -0.146. The van der Waals surface area contributed by atoms with Crippen LogP contribution in [-0.2, 0) is 4.79 Å². The van der Waals surface area contributed by atoms with Crippen LogP contribution < -0.4 is 0 Å². The maximum atomic E-state index is 12.4. The maximum absolute atomic E-state index is 12.4. The molecule has 4 rings (SSSR count). The van der Waals surface area contributed by atoms with Gasteiger partial charge in [0.05, 0.1) is 12.0 Å². The molecule has 2 N–H and O–H groups in total. The lowest BCUT2D eigenvalue weighted by Gasteiger charge is -2.61. The van der Waals surface area contributed by atoms with Crippen molar-refractivity contribution in [2.24, 2.45) is 39.4 Å². The number of aliphatic carboxylic acids is 1. The summed E-state index contributed by atoms with van der Waals surface area (Å²) < 4.78 is 0. The van der Waals surface area contributed by atoms with Gasteiger partial charge in [0.25, 0.3) is 0 Å². The topological polar surface area (TPSA) is 57.5 Å². The maximum Gasteiger partial charge on any atom is 0.306 e. The SMILES string of the molecule is CC(C)=CCC[C@@H](C(=O)O)[C@H]1CC[C@@]2(C)C3=CC[C@H]4C(C)(C)C(O)CC[C@]4(C)C3=CC[C@]12C. The highest BCUT2D eigenvalue weighted by Gasteiger charge is 2.63. The van der Waals surface area contributed by atoms with Crippen molar-refractivity contribution < 1.29 is 15.0 Å². The number of fused-ring (bicyclic) bond motifs is 5. The monoisotopic (exact) mass is 454 g/mol. The summed E-state index contributed by atoms with van der Waals surface area (Å²) in [5.41, 5.74) is 4.32. The van der Waals surface area contributed by atoms with Crippen molar-refractivity contribution in [2.45, 2.75) is 106 Å². The number of carboxylic acids is 1. The molecule has 0 amide bonds. The molecule has 0 spiro atoms. The van der Waals surface area contributed by atoms with E-state index in [1.54, 1.807) is 0 Å². The van der Waals surface area contributed by atoms with Crippen molar-refractivity contribution in [3.8, 4) is 0 Å². The summed E-state index contributed by atoms with van der Waals surface area (Å²) in [4.78, 5) is 12.4. The van der Waals surface area contributed by atoms with Gasteiger partial charge in [0.2, 0.25) is 0 Å². The lowest BCUT2D eigenvalue weighted by Crippen LogP contribution is -2.54. The van der Waals surface area contributed by atoms with Gasteiger partial charge in [0.1, 0.15) is 0 Å². The van der Waals surface area contributed by atoms with E-state index >= 15 is 0 Å². The highest BCUT2D eigenvalue weighted by Crippen LogP contribution is 2.71. The molecule has 184 valence electrons. The Balaban J connectivity index is 1.70. The van der Waals surface area contributed by atoms with E-state index in [-0.39, 0.29) is 39.6 Å². The molecule has 0 aromatic carbocycles. The zero-order valence-corrected chi connectivity index (χ0v) is 22.0. The fourth-order valence-electron chi connectivity index (χ4n) is 8.73. The predicted octanol–water partition coefficient (Wildman–Crippen LogP) is 7.32. The van der Waals surface area contributed by atoms with Crippen LogP contribution in [-0.4, -0.2) is 22.3 Å². The van der Waals surface area contributed by atoms with E-state index in [1.807, 2.05) is 0 Å². The van der Waals surface area contributed by atoms with Crippen LogP contribution in [0.4, 0.5) is 0 Å². The van der Waals surface area contributed by atoms with Gasteiger partial charge in [-0.25, -0.2) is 0 Å². The van der Waals surface area contributed by atoms with Gasteiger partial charge in [-0.3, -0.25) is 4.79 Å². The molecule has 0 radical (unpaired) electrons. The zero-order chi connectivity index (χ0) is 24.4. The van der Waals surface area contributed by atoms with Crippen molar-refractivity contribution >= 4 is 5.97 Å². The Kier molecular flexibility index (Phi) is 6.08. The van der Waals surface area contributed by atoms with Gasteiger partial charge >= 0.3 is 5.97 Å². The van der Waals surface area contributed by atoms with Crippen LogP contribution in [0.3, 0.4) is 0 Å². The first-order chi connectivity index (χ1) is 15.3. The molecule has 0 aromatic heterocycles. The fraction of sp³-hybridized carbons (Fsp3) is 0.767. The minimum absolute atomic E-state index is 0.0245. The summed E-state index contributed by atoms with van der Waals surface area (Å²) in [6.45, 7) is 16.0. The number of aliphatic hydroxyl groups is 1. The summed E-state index contributed by atoms with van der Waals surface area (Å²) in [6, 6.07) is 0. The van der Waals surface area contributed by atoms with Crippen LogP contribution in [0.5, 0.6) is 0 Å². The molecule has 2 fully saturated rings. The van der Waals surface area contributed by atoms with Crippen molar-refractivity contribution in [1.82, 2.24) is 0 Å². The van der Waals surface area contributed by atoms with Crippen LogP contribution in [0.2, 0.25) is 0 Å². The standard InChI is InChI=1S/C30H46O3/c1-19(2)9-8-10-20(26(32)33)21-13-17-30(7)23-11-12-24-27(3,4)25(31)15-16-28(24,5)22(23)14-18-29(21,30)6/h9,11,14,20-21,24-25,31H,8,10,12-13,15-18H2,1-7H3,(H,32,33)/t20-,21-,24+,25?,28-,29-,30+/m1/s1. The second kappa shape index (κ2) is 8.11. The molecule has 3 heteroatoms. The summed E-state index contributed by atoms with van der Waals surface area (Å²) in [5, 5.41) is 21.0. The van der Waals surface area contributed by atoms with E-state index in [1.165, 1.54) is 16.7 Å². The molecular weight excluding hydrogens is 408 g/mol. The average Bonchev–Trinajstić information content (AvgIpc) is 3.00. The van der Waals surface area contributed by atoms with Gasteiger partial charge in [-0.15, -0.1) is 0 Å². The molecule has 3 nitrogen and oxygen atoms in total. The first-order valence-electron chi connectivity index (χ1n) is 13.2. The molecular formula is C30H46O3. The Morgan fingerprint density at radius 1 is 1.09 bits per heavy atom. The molecule has 4 aliphatic carbocycles. The number of allylic oxidation sites excluding steroid dienone is 6. The highest BCUT2D eigenvalue weighted by atomic mass is 16.4. The highest BCUT2D eigenvalue weighted by molar-refractivity contribution is 5.71. The molecule has 0 aromatic rings. The van der Waals surface area contributed by atoms with Gasteiger partial charge in [-0.2, -0.15) is 0 Å². The molecule has 1 unspecified atom stereocenters. The quantitative estimate of drug-likeness (QED) is 0.428. The van der Waals surface area contributed by atoms with E-state index in [9.17, 15) is 15.0 Å². The molecule has 2 saturated carbocycles. The summed E-state index contributed by atoms with van der Waals surface area (Å²) in [7, 11) is 0. The van der Waals surface area contributed by atoms with Crippen LogP contribution in [0, 0.1) is 39.4 Å². The third kappa shape index (κ3) is 3.51. The first-order valence-corrected chi connectivity index (χ1v) is 13.2. The molecule has 0 heterocycles. The van der Waals surface area contributed by atoms with E-state index in [2.05, 4.69) is 66.7 Å². The fourth-order valence-corrected chi connectivity index (χ4v) is 8.73. The summed E-state index contributed by atoms with van der Waals surface area (Å²) in [5.74, 6) is -0.238. The van der Waals surface area contributed by atoms with Crippen molar-refractivity contribution in [3.05, 3.63) is 34.9 Å². The number of hydrogen-bond acceptors (Lipinski definition) is 2. The third-order valence-corrected chi connectivity index (χ3v) is 11.1. The Bertz CT molecular complexity index is 904. The second-order valence-corrected chi connectivity index (χ2v) is 13.2. The van der Waals surface area contributed by atoms with Crippen LogP contribution in [0.25, 0.3) is 0 Å². The van der Waals surface area contributed by atoms with Gasteiger partial charge < -0.3 is 10.2 Å². The predicted molar refractivity (Wildman–Crippen MR) is 135 cm³/mol. The second-order valence-electron chi connectivity index (χ2n) is 13.2. The van der Waals surface area contributed by atoms with Crippen molar-refractivity contribution in [2.75, 3.05) is 0 Å². The van der Waals surface area contributed by atoms with Crippen LogP contribution >= 0.6 is 0 Å². The van der Waals surface area contributed by atoms with E-state index in [0.29, 0.717) is 5.92 Å². The zero-order valence-electron chi connectivity index (χ0n) is 22.0. The molecule has 4 aliphatic rings. The van der Waals surface area contributed by atoms with Crippen molar-refractivity contribution in [3.63, 3.8) is 0 Å². The average molecular weight is 455 g/mol. The van der Waals surface area contributed by atoms with Gasteiger partial charge in [-0.05, 0) is 110 Å². The van der Waals surface area contributed by atoms with E-state index in [0.717, 1.165) is 51.4 Å². The van der Waals surface area contributed by atoms with Crippen molar-refractivity contribution in [1.29, 1.82) is 0 Å². The Hall–Kier alpha value is -1.35. The summed E-state index contributed by atoms with van der Waals surface area (Å²) >= 11 is 0. The Labute approximate surface area is 201 Å². The number of rotatable bonds is 5. The van der Waals surface area contributed by atoms with Gasteiger partial charge in [-0.1, -0.05) is 58.4 Å². The van der Waals surface area contributed by atoms with Gasteiger partial charge in [0, 0.05) is 0 Å². The third-order valence-electron chi connectivity index (χ3n) is 11.1. The Morgan fingerprint density at radius 2 is 1.79 bits per heavy atom. The molecule has 0 bridgehead atoms. The smallest absolute Gasteiger partial charge is 0.306 e. The summed E-state index contributed by atoms with van der Waals surface area (Å²) in [6.07, 6.45) is 14.5. The largest absolute Gasteiger partial charge is 0.481 e. The van der Waals surface area contributed by atoms with E-state index < -0.39 is 5.97 Å². The van der Waals surface area contributed by atoms with Crippen LogP contribution in [0.15, 0.2) is 34.9 Å². The molecule has 0 aliphatic heterocycles. The number of carboxylic acid groups (broad SMARTS) is 1. The number of aliphatic hydroxyl groups excluding tert-OH is 1. The number of carbonyl (C=O) groups is 1. The van der Waals surface area contributed by atoms with Crippen LogP contribution in [0.1, 0.15) is 99.8 Å². The molecule has 0 saturated heterocycles. The molecule has 33 heavy (non-hydrogen) atoms. The normalized spacial score (nSPS) is 42.2. The van der Waals surface area contributed by atoms with E-state index in [4.69, 9.17) is 0 Å². The lowest BCUT2D eigenvalue weighted by atomic mass is 9.44. The number of hydrogen-bond donors (Lipinski definition) is 2. The minimum Gasteiger partial charge on any atom is -0.481 e.